The van der Waals surface area contributed by atoms with Gasteiger partial charge in [-0.1, -0.05) is 7.43 Å². The predicted molar refractivity (Wildman–Crippen MR) is 110 cm³/mol. The highest BCUT2D eigenvalue weighted by Gasteiger charge is 2.38. The highest BCUT2D eigenvalue weighted by Crippen LogP contribution is 2.26. The summed E-state index contributed by atoms with van der Waals surface area (Å²) in [6.45, 7) is 22.3. The van der Waals surface area contributed by atoms with Gasteiger partial charge in [0.1, 0.15) is 0 Å². The summed E-state index contributed by atoms with van der Waals surface area (Å²) >= 11 is 0. The fourth-order valence-electron chi connectivity index (χ4n) is 4.43. The van der Waals surface area contributed by atoms with Crippen molar-refractivity contribution in [3.05, 3.63) is 0 Å². The van der Waals surface area contributed by atoms with Gasteiger partial charge in [0, 0.05) is 43.7 Å². The standard InChI is InChI=1S/C10H22N2.C10H19NO.CH4/c1-9(2)12-7-6-11(5)8-10(12,3)4;1-8(2)11-7-5-6-9(12)10(11,3)4;/h9H,6-8H2,1-5H3;8H,5-7H2,1-4H3;1H4. The summed E-state index contributed by atoms with van der Waals surface area (Å²) in [4.78, 5) is 18.9. The molecule has 0 amide bonds. The van der Waals surface area contributed by atoms with Gasteiger partial charge in [-0.15, -0.1) is 0 Å². The first-order valence-corrected chi connectivity index (χ1v) is 9.65. The largest absolute Gasteiger partial charge is 0.303 e. The molecule has 0 unspecified atom stereocenters. The first kappa shape index (κ1) is 24.6. The van der Waals surface area contributed by atoms with E-state index in [-0.39, 0.29) is 13.0 Å². The molecule has 0 aromatic heterocycles. The summed E-state index contributed by atoms with van der Waals surface area (Å²) in [5.41, 5.74) is 0.119. The maximum absolute atomic E-state index is 11.6. The van der Waals surface area contributed by atoms with Gasteiger partial charge in [0.25, 0.3) is 0 Å². The van der Waals surface area contributed by atoms with Crippen LogP contribution in [0.4, 0.5) is 0 Å². The number of rotatable bonds is 2. The van der Waals surface area contributed by atoms with E-state index in [0.29, 0.717) is 23.4 Å². The van der Waals surface area contributed by atoms with Crippen LogP contribution in [0, 0.1) is 0 Å². The molecular formula is C21H45N3O. The fraction of sp³-hybridized carbons (Fsp3) is 0.952. The summed E-state index contributed by atoms with van der Waals surface area (Å²) < 4.78 is 0. The second-order valence-electron chi connectivity index (χ2n) is 9.21. The molecule has 0 N–H and O–H groups in total. The number of likely N-dealkylation sites (N-methyl/N-ethyl adjacent to an activating group) is 1. The molecular weight excluding hydrogens is 310 g/mol. The number of nitrogens with zero attached hydrogens (tertiary/aromatic N) is 3. The quantitative estimate of drug-likeness (QED) is 0.751. The second kappa shape index (κ2) is 9.48. The topological polar surface area (TPSA) is 26.8 Å². The van der Waals surface area contributed by atoms with Crippen LogP contribution >= 0.6 is 0 Å². The summed E-state index contributed by atoms with van der Waals surface area (Å²) in [7, 11) is 2.21. The fourth-order valence-corrected chi connectivity index (χ4v) is 4.43. The average Bonchev–Trinajstić information content (AvgIpc) is 2.40. The molecule has 150 valence electrons. The summed E-state index contributed by atoms with van der Waals surface area (Å²) in [5.74, 6) is 0.391. The third-order valence-corrected chi connectivity index (χ3v) is 5.61. The van der Waals surface area contributed by atoms with Crippen molar-refractivity contribution in [2.24, 2.45) is 0 Å². The van der Waals surface area contributed by atoms with E-state index in [1.807, 2.05) is 13.8 Å². The molecule has 0 saturated carbocycles. The molecule has 2 aliphatic rings. The maximum atomic E-state index is 11.6. The lowest BCUT2D eigenvalue weighted by Gasteiger charge is -2.48. The minimum atomic E-state index is -0.230. The van der Waals surface area contributed by atoms with Crippen molar-refractivity contribution in [1.82, 2.24) is 14.7 Å². The smallest absolute Gasteiger partial charge is 0.152 e. The Morgan fingerprint density at radius 2 is 1.40 bits per heavy atom. The van der Waals surface area contributed by atoms with Gasteiger partial charge in [-0.3, -0.25) is 14.6 Å². The molecule has 2 fully saturated rings. The maximum Gasteiger partial charge on any atom is 0.152 e. The minimum absolute atomic E-state index is 0. The molecule has 4 heteroatoms. The van der Waals surface area contributed by atoms with Gasteiger partial charge < -0.3 is 4.90 Å². The molecule has 0 bridgehead atoms. The zero-order chi connectivity index (χ0) is 18.7. The van der Waals surface area contributed by atoms with E-state index >= 15 is 0 Å². The molecule has 0 radical (unpaired) electrons. The lowest BCUT2D eigenvalue weighted by Crippen LogP contribution is -2.60. The van der Waals surface area contributed by atoms with E-state index < -0.39 is 0 Å². The number of Topliss-reactive ketones (excluding diaryl/α,β-unsaturated/α-hetero) is 1. The molecule has 0 aromatic carbocycles. The van der Waals surface area contributed by atoms with Crippen LogP contribution in [0.1, 0.15) is 75.7 Å². The first-order valence-electron chi connectivity index (χ1n) is 9.65. The Morgan fingerprint density at radius 1 is 0.880 bits per heavy atom. The van der Waals surface area contributed by atoms with Gasteiger partial charge in [0.2, 0.25) is 0 Å². The number of piperidine rings is 1. The zero-order valence-electron chi connectivity index (χ0n) is 17.6. The molecule has 2 rings (SSSR count). The summed E-state index contributed by atoms with van der Waals surface area (Å²) in [5, 5.41) is 0. The van der Waals surface area contributed by atoms with Crippen LogP contribution in [0.2, 0.25) is 0 Å². The number of likely N-dealkylation sites (tertiary alicyclic amines) is 1. The van der Waals surface area contributed by atoms with Crippen LogP contribution < -0.4 is 0 Å². The number of carbonyl (C=O) groups excluding carboxylic acids is 1. The lowest BCUT2D eigenvalue weighted by molar-refractivity contribution is -0.134. The van der Waals surface area contributed by atoms with E-state index in [9.17, 15) is 4.79 Å². The average molecular weight is 356 g/mol. The Bertz CT molecular complexity index is 415. The number of hydrogen-bond acceptors (Lipinski definition) is 4. The van der Waals surface area contributed by atoms with Crippen LogP contribution in [0.3, 0.4) is 0 Å². The van der Waals surface area contributed by atoms with Gasteiger partial charge in [-0.25, -0.2) is 0 Å². The van der Waals surface area contributed by atoms with Gasteiger partial charge >= 0.3 is 0 Å². The molecule has 2 saturated heterocycles. The van der Waals surface area contributed by atoms with Crippen LogP contribution in [-0.4, -0.2) is 76.9 Å². The first-order chi connectivity index (χ1) is 10.9. The molecule has 0 aromatic rings. The summed E-state index contributed by atoms with van der Waals surface area (Å²) in [6, 6.07) is 1.15. The van der Waals surface area contributed by atoms with Crippen LogP contribution in [0.5, 0.6) is 0 Å². The molecule has 0 atom stereocenters. The Morgan fingerprint density at radius 3 is 1.80 bits per heavy atom. The van der Waals surface area contributed by atoms with Crippen LogP contribution in [-0.2, 0) is 4.79 Å². The Balaban J connectivity index is 0.000000443. The summed E-state index contributed by atoms with van der Waals surface area (Å²) in [6.07, 6.45) is 1.79. The second-order valence-corrected chi connectivity index (χ2v) is 9.21. The van der Waals surface area contributed by atoms with E-state index in [0.717, 1.165) is 19.4 Å². The normalized spacial score (nSPS) is 24.7. The van der Waals surface area contributed by atoms with E-state index in [4.69, 9.17) is 0 Å². The van der Waals surface area contributed by atoms with Gasteiger partial charge in [0.05, 0.1) is 5.54 Å². The third-order valence-electron chi connectivity index (χ3n) is 5.61. The molecule has 0 spiro atoms. The van der Waals surface area contributed by atoms with Crippen LogP contribution in [0.25, 0.3) is 0 Å². The van der Waals surface area contributed by atoms with Crippen molar-refractivity contribution in [2.75, 3.05) is 33.2 Å². The third kappa shape index (κ3) is 6.33. The lowest BCUT2D eigenvalue weighted by atomic mass is 9.88. The van der Waals surface area contributed by atoms with Gasteiger partial charge in [0.15, 0.2) is 5.78 Å². The number of ketones is 1. The van der Waals surface area contributed by atoms with Crippen molar-refractivity contribution in [3.63, 3.8) is 0 Å². The van der Waals surface area contributed by atoms with Crippen molar-refractivity contribution in [2.45, 2.75) is 98.8 Å². The highest BCUT2D eigenvalue weighted by molar-refractivity contribution is 5.88. The molecule has 25 heavy (non-hydrogen) atoms. The monoisotopic (exact) mass is 355 g/mol. The van der Waals surface area contributed by atoms with Crippen molar-refractivity contribution in [3.8, 4) is 0 Å². The van der Waals surface area contributed by atoms with E-state index in [2.05, 4.69) is 63.3 Å². The van der Waals surface area contributed by atoms with Gasteiger partial charge in [-0.2, -0.15) is 0 Å². The molecule has 2 heterocycles. The highest BCUT2D eigenvalue weighted by atomic mass is 16.1. The van der Waals surface area contributed by atoms with Gasteiger partial charge in [-0.05, 0) is 75.4 Å². The molecule has 4 nitrogen and oxygen atoms in total. The predicted octanol–water partition coefficient (Wildman–Crippen LogP) is 3.90. The van der Waals surface area contributed by atoms with Crippen molar-refractivity contribution >= 4 is 5.78 Å². The Labute approximate surface area is 157 Å². The number of piperazine rings is 1. The molecule has 0 aliphatic carbocycles. The molecule has 2 aliphatic heterocycles. The Kier molecular flexibility index (Phi) is 9.30. The van der Waals surface area contributed by atoms with E-state index in [1.54, 1.807) is 0 Å². The Hall–Kier alpha value is -0.450. The minimum Gasteiger partial charge on any atom is -0.303 e. The van der Waals surface area contributed by atoms with Crippen molar-refractivity contribution < 1.29 is 4.79 Å². The SMILES string of the molecule is C.CC(C)N1CCCC(=O)C1(C)C.CC(C)N1CCN(C)CC1(C)C. The number of hydrogen-bond donors (Lipinski definition) is 0. The zero-order valence-corrected chi connectivity index (χ0v) is 17.6. The van der Waals surface area contributed by atoms with Crippen LogP contribution in [0.15, 0.2) is 0 Å². The van der Waals surface area contributed by atoms with E-state index in [1.165, 1.54) is 19.6 Å². The van der Waals surface area contributed by atoms with Crippen molar-refractivity contribution in [1.29, 1.82) is 0 Å². The number of carbonyl (C=O) groups is 1.